The van der Waals surface area contributed by atoms with Crippen molar-refractivity contribution in [1.29, 1.82) is 0 Å². The number of anilines is 1. The second-order valence-electron chi connectivity index (χ2n) is 3.66. The molecule has 0 spiro atoms. The summed E-state index contributed by atoms with van der Waals surface area (Å²) in [6, 6.07) is 2.09. The van der Waals surface area contributed by atoms with Gasteiger partial charge in [-0.2, -0.15) is 0 Å². The smallest absolute Gasteiger partial charge is 0.225 e. The summed E-state index contributed by atoms with van der Waals surface area (Å²) in [5, 5.41) is 0. The Labute approximate surface area is 89.3 Å². The molecule has 5 nitrogen and oxygen atoms in total. The van der Waals surface area contributed by atoms with Crippen LogP contribution in [0, 0.1) is 6.92 Å². The Hall–Kier alpha value is -1.20. The average Bonchev–Trinajstić information content (AvgIpc) is 2.29. The summed E-state index contributed by atoms with van der Waals surface area (Å²) in [5.41, 5.74) is 6.67. The molecule has 0 bridgehead atoms. The maximum Gasteiger partial charge on any atom is 0.225 e. The van der Waals surface area contributed by atoms with Crippen molar-refractivity contribution < 1.29 is 4.74 Å². The van der Waals surface area contributed by atoms with Crippen molar-refractivity contribution in [3.05, 3.63) is 18.0 Å². The van der Waals surface area contributed by atoms with Gasteiger partial charge in [0.2, 0.25) is 5.95 Å². The fraction of sp³-hybridized carbons (Fsp3) is 0.600. The van der Waals surface area contributed by atoms with Gasteiger partial charge < -0.3 is 15.4 Å². The van der Waals surface area contributed by atoms with E-state index in [1.54, 1.807) is 6.20 Å². The number of morpholine rings is 1. The Morgan fingerprint density at radius 3 is 3.27 bits per heavy atom. The maximum absolute atomic E-state index is 5.69. The van der Waals surface area contributed by atoms with E-state index >= 15 is 0 Å². The average molecular weight is 208 g/mol. The van der Waals surface area contributed by atoms with Crippen LogP contribution < -0.4 is 10.6 Å². The number of aromatic nitrogens is 2. The van der Waals surface area contributed by atoms with Gasteiger partial charge in [-0.05, 0) is 13.0 Å². The van der Waals surface area contributed by atoms with Gasteiger partial charge in [-0.25, -0.2) is 9.97 Å². The van der Waals surface area contributed by atoms with Crippen LogP contribution in [0.3, 0.4) is 0 Å². The highest BCUT2D eigenvalue weighted by Gasteiger charge is 2.23. The van der Waals surface area contributed by atoms with E-state index in [-0.39, 0.29) is 6.04 Å². The monoisotopic (exact) mass is 208 g/mol. The molecule has 1 aliphatic rings. The first-order chi connectivity index (χ1) is 7.31. The summed E-state index contributed by atoms with van der Waals surface area (Å²) in [6.07, 6.45) is 1.78. The van der Waals surface area contributed by atoms with E-state index < -0.39 is 0 Å². The van der Waals surface area contributed by atoms with E-state index in [2.05, 4.69) is 14.9 Å². The third-order valence-corrected chi connectivity index (χ3v) is 2.54. The Morgan fingerprint density at radius 2 is 2.53 bits per heavy atom. The third kappa shape index (κ3) is 2.24. The van der Waals surface area contributed by atoms with Crippen LogP contribution in [0.2, 0.25) is 0 Å². The van der Waals surface area contributed by atoms with Crippen LogP contribution >= 0.6 is 0 Å². The van der Waals surface area contributed by atoms with Crippen LogP contribution in [0.25, 0.3) is 0 Å². The predicted molar refractivity (Wildman–Crippen MR) is 57.8 cm³/mol. The SMILES string of the molecule is Cc1ccnc(N2CCOCC2CN)n1. The van der Waals surface area contributed by atoms with Gasteiger partial charge in [-0.15, -0.1) is 0 Å². The Morgan fingerprint density at radius 1 is 1.67 bits per heavy atom. The zero-order valence-corrected chi connectivity index (χ0v) is 8.89. The van der Waals surface area contributed by atoms with Gasteiger partial charge in [-0.1, -0.05) is 0 Å². The fourth-order valence-electron chi connectivity index (χ4n) is 1.69. The lowest BCUT2D eigenvalue weighted by Gasteiger charge is -2.34. The van der Waals surface area contributed by atoms with Crippen LogP contribution in [-0.4, -0.2) is 42.3 Å². The number of ether oxygens (including phenoxy) is 1. The molecule has 82 valence electrons. The van der Waals surface area contributed by atoms with E-state index in [9.17, 15) is 0 Å². The molecule has 2 N–H and O–H groups in total. The highest BCUT2D eigenvalue weighted by molar-refractivity contribution is 5.32. The van der Waals surface area contributed by atoms with Gasteiger partial charge in [-0.3, -0.25) is 0 Å². The fourth-order valence-corrected chi connectivity index (χ4v) is 1.69. The summed E-state index contributed by atoms with van der Waals surface area (Å²) >= 11 is 0. The van der Waals surface area contributed by atoms with E-state index in [1.807, 2.05) is 13.0 Å². The molecule has 5 heteroatoms. The number of aryl methyl sites for hydroxylation is 1. The standard InChI is InChI=1S/C10H16N4O/c1-8-2-3-12-10(13-8)14-4-5-15-7-9(14)6-11/h2-3,9H,4-7,11H2,1H3. The zero-order chi connectivity index (χ0) is 10.7. The minimum atomic E-state index is 0.195. The summed E-state index contributed by atoms with van der Waals surface area (Å²) in [5.74, 6) is 0.758. The van der Waals surface area contributed by atoms with Crippen LogP contribution in [0.5, 0.6) is 0 Å². The Kier molecular flexibility index (Phi) is 3.13. The van der Waals surface area contributed by atoms with E-state index in [0.717, 1.165) is 18.2 Å². The predicted octanol–water partition coefficient (Wildman–Crippen LogP) is -0.0511. The summed E-state index contributed by atoms with van der Waals surface area (Å²) in [7, 11) is 0. The van der Waals surface area contributed by atoms with Crippen LogP contribution in [0.1, 0.15) is 5.69 Å². The number of nitrogens with two attached hydrogens (primary N) is 1. The molecule has 0 aliphatic carbocycles. The van der Waals surface area contributed by atoms with Gasteiger partial charge in [0.15, 0.2) is 0 Å². The lowest BCUT2D eigenvalue weighted by Crippen LogP contribution is -2.50. The van der Waals surface area contributed by atoms with Gasteiger partial charge in [0, 0.05) is 25.0 Å². The van der Waals surface area contributed by atoms with E-state index in [0.29, 0.717) is 19.8 Å². The molecule has 1 aromatic heterocycles. The highest BCUT2D eigenvalue weighted by atomic mass is 16.5. The molecular formula is C10H16N4O. The maximum atomic E-state index is 5.69. The molecule has 2 rings (SSSR count). The molecule has 1 saturated heterocycles. The molecule has 0 saturated carbocycles. The number of hydrogen-bond donors (Lipinski definition) is 1. The first-order valence-electron chi connectivity index (χ1n) is 5.15. The largest absolute Gasteiger partial charge is 0.377 e. The number of nitrogens with zero attached hydrogens (tertiary/aromatic N) is 3. The molecular weight excluding hydrogens is 192 g/mol. The summed E-state index contributed by atoms with van der Waals surface area (Å²) in [4.78, 5) is 10.8. The quantitative estimate of drug-likeness (QED) is 0.738. The highest BCUT2D eigenvalue weighted by Crippen LogP contribution is 2.14. The molecule has 1 aliphatic heterocycles. The molecule has 0 aromatic carbocycles. The molecule has 1 aromatic rings. The second kappa shape index (κ2) is 4.55. The number of rotatable bonds is 2. The minimum Gasteiger partial charge on any atom is -0.377 e. The lowest BCUT2D eigenvalue weighted by molar-refractivity contribution is 0.0954. The molecule has 0 amide bonds. The minimum absolute atomic E-state index is 0.195. The van der Waals surface area contributed by atoms with Crippen molar-refractivity contribution in [2.75, 3.05) is 31.2 Å². The molecule has 0 radical (unpaired) electrons. The lowest BCUT2D eigenvalue weighted by atomic mass is 10.2. The van der Waals surface area contributed by atoms with Crippen molar-refractivity contribution in [3.63, 3.8) is 0 Å². The van der Waals surface area contributed by atoms with Gasteiger partial charge in [0.05, 0.1) is 19.3 Å². The molecule has 1 fully saturated rings. The molecule has 15 heavy (non-hydrogen) atoms. The van der Waals surface area contributed by atoms with Gasteiger partial charge in [0.25, 0.3) is 0 Å². The number of hydrogen-bond acceptors (Lipinski definition) is 5. The van der Waals surface area contributed by atoms with Gasteiger partial charge in [0.1, 0.15) is 0 Å². The second-order valence-corrected chi connectivity index (χ2v) is 3.66. The first kappa shape index (κ1) is 10.3. The first-order valence-corrected chi connectivity index (χ1v) is 5.15. The van der Waals surface area contributed by atoms with E-state index in [4.69, 9.17) is 10.5 Å². The van der Waals surface area contributed by atoms with Crippen LogP contribution in [0.15, 0.2) is 12.3 Å². The molecule has 2 heterocycles. The molecule has 1 unspecified atom stereocenters. The zero-order valence-electron chi connectivity index (χ0n) is 8.89. The van der Waals surface area contributed by atoms with E-state index in [1.165, 1.54) is 0 Å². The van der Waals surface area contributed by atoms with Crippen molar-refractivity contribution in [2.24, 2.45) is 5.73 Å². The van der Waals surface area contributed by atoms with Crippen LogP contribution in [0.4, 0.5) is 5.95 Å². The van der Waals surface area contributed by atoms with Gasteiger partial charge >= 0.3 is 0 Å². The Bertz CT molecular complexity index is 331. The van der Waals surface area contributed by atoms with Crippen LogP contribution in [-0.2, 0) is 4.74 Å². The van der Waals surface area contributed by atoms with Crippen molar-refractivity contribution in [1.82, 2.24) is 9.97 Å². The summed E-state index contributed by atoms with van der Waals surface area (Å²) < 4.78 is 5.38. The topological polar surface area (TPSA) is 64.3 Å². The normalized spacial score (nSPS) is 21.7. The van der Waals surface area contributed by atoms with Crippen molar-refractivity contribution in [3.8, 4) is 0 Å². The van der Waals surface area contributed by atoms with Crippen molar-refractivity contribution in [2.45, 2.75) is 13.0 Å². The summed E-state index contributed by atoms with van der Waals surface area (Å²) in [6.45, 7) is 4.72. The Balaban J connectivity index is 2.20. The van der Waals surface area contributed by atoms with Crippen molar-refractivity contribution >= 4 is 5.95 Å². The third-order valence-electron chi connectivity index (χ3n) is 2.54. The molecule has 1 atom stereocenters.